The molecule has 3 aromatic rings. The van der Waals surface area contributed by atoms with E-state index in [2.05, 4.69) is 35.9 Å². The summed E-state index contributed by atoms with van der Waals surface area (Å²) < 4.78 is 1.96. The summed E-state index contributed by atoms with van der Waals surface area (Å²) in [7, 11) is 0. The van der Waals surface area contributed by atoms with Crippen molar-refractivity contribution in [2.75, 3.05) is 0 Å². The van der Waals surface area contributed by atoms with Crippen molar-refractivity contribution in [3.05, 3.63) is 86.1 Å². The van der Waals surface area contributed by atoms with E-state index in [1.54, 1.807) is 30.3 Å². The molecule has 1 N–H and O–H groups in total. The number of carbonyl (C=O) groups excluding carboxylic acids is 1. The number of amides is 1. The zero-order valence-electron chi connectivity index (χ0n) is 18.7. The van der Waals surface area contributed by atoms with Crippen LogP contribution in [0.1, 0.15) is 48.1 Å². The van der Waals surface area contributed by atoms with Crippen molar-refractivity contribution in [2.24, 2.45) is 5.92 Å². The SMILES string of the molecule is C=CCn1c(SCc2ccc(Cl)c(Cl)c2)nnc1[C@@H](CC(C)C)NC(=O)c1ccc(Cl)cc1Cl. The first kappa shape index (κ1) is 26.9. The second-order valence-electron chi connectivity index (χ2n) is 8.06. The Morgan fingerprint density at radius 3 is 2.50 bits per heavy atom. The van der Waals surface area contributed by atoms with Crippen LogP contribution in [0.3, 0.4) is 0 Å². The fourth-order valence-electron chi connectivity index (χ4n) is 3.35. The minimum Gasteiger partial charge on any atom is -0.342 e. The van der Waals surface area contributed by atoms with Crippen molar-refractivity contribution in [3.63, 3.8) is 0 Å². The monoisotopic (exact) mass is 556 g/mol. The van der Waals surface area contributed by atoms with Crippen LogP contribution in [-0.4, -0.2) is 20.7 Å². The predicted molar refractivity (Wildman–Crippen MR) is 142 cm³/mol. The molecule has 10 heteroatoms. The second-order valence-corrected chi connectivity index (χ2v) is 10.7. The van der Waals surface area contributed by atoms with E-state index < -0.39 is 0 Å². The highest BCUT2D eigenvalue weighted by molar-refractivity contribution is 7.98. The molecule has 34 heavy (non-hydrogen) atoms. The first-order chi connectivity index (χ1) is 16.2. The predicted octanol–water partition coefficient (Wildman–Crippen LogP) is 7.89. The van der Waals surface area contributed by atoms with Gasteiger partial charge in [0, 0.05) is 17.3 Å². The van der Waals surface area contributed by atoms with Crippen molar-refractivity contribution < 1.29 is 4.79 Å². The number of halogens is 4. The summed E-state index contributed by atoms with van der Waals surface area (Å²) in [6, 6.07) is 9.96. The molecule has 0 unspecified atom stereocenters. The molecule has 1 aromatic heterocycles. The first-order valence-electron chi connectivity index (χ1n) is 10.6. The zero-order valence-corrected chi connectivity index (χ0v) is 22.5. The molecule has 0 bridgehead atoms. The first-order valence-corrected chi connectivity index (χ1v) is 13.1. The average Bonchev–Trinajstić information content (AvgIpc) is 3.16. The topological polar surface area (TPSA) is 59.8 Å². The molecule has 0 saturated carbocycles. The second kappa shape index (κ2) is 12.3. The molecule has 0 spiro atoms. The number of aromatic nitrogens is 3. The highest BCUT2D eigenvalue weighted by Gasteiger charge is 2.25. The minimum absolute atomic E-state index is 0.290. The third kappa shape index (κ3) is 6.92. The Balaban J connectivity index is 1.86. The van der Waals surface area contributed by atoms with Gasteiger partial charge in [-0.15, -0.1) is 16.8 Å². The van der Waals surface area contributed by atoms with Crippen LogP contribution in [0.15, 0.2) is 54.2 Å². The molecule has 3 rings (SSSR count). The van der Waals surface area contributed by atoms with Crippen LogP contribution >= 0.6 is 58.2 Å². The Kier molecular flexibility index (Phi) is 9.74. The number of allylic oxidation sites excluding steroid dienone is 1. The van der Waals surface area contributed by atoms with Gasteiger partial charge in [-0.1, -0.05) is 84.2 Å². The van der Waals surface area contributed by atoms with Crippen molar-refractivity contribution in [1.82, 2.24) is 20.1 Å². The van der Waals surface area contributed by atoms with E-state index >= 15 is 0 Å². The van der Waals surface area contributed by atoms with Gasteiger partial charge in [0.2, 0.25) is 0 Å². The van der Waals surface area contributed by atoms with Crippen LogP contribution in [0.4, 0.5) is 0 Å². The van der Waals surface area contributed by atoms with E-state index in [1.165, 1.54) is 11.8 Å². The summed E-state index contributed by atoms with van der Waals surface area (Å²) in [4.78, 5) is 13.0. The van der Waals surface area contributed by atoms with Crippen molar-refractivity contribution in [2.45, 2.75) is 43.8 Å². The van der Waals surface area contributed by atoms with E-state index in [0.29, 0.717) is 61.3 Å². The lowest BCUT2D eigenvalue weighted by molar-refractivity contribution is 0.0929. The van der Waals surface area contributed by atoms with E-state index in [-0.39, 0.29) is 11.9 Å². The number of rotatable bonds is 10. The lowest BCUT2D eigenvalue weighted by Gasteiger charge is -2.21. The normalized spacial score (nSPS) is 12.1. The fraction of sp³-hybridized carbons (Fsp3) is 0.292. The number of nitrogens with zero attached hydrogens (tertiary/aromatic N) is 3. The standard InChI is InChI=1S/C24H24Cl4N4OS/c1-4-9-32-22(30-31-24(32)34-13-15-5-8-18(26)20(28)11-15)21(10-14(2)3)29-23(33)17-7-6-16(25)12-19(17)27/h4-8,11-12,14,21H,1,9-10,13H2,2-3H3,(H,29,33)/t21-/m1/s1. The Bertz CT molecular complexity index is 1180. The van der Waals surface area contributed by atoms with Gasteiger partial charge < -0.3 is 9.88 Å². The number of nitrogens with one attached hydrogen (secondary N) is 1. The van der Waals surface area contributed by atoms with Crippen LogP contribution in [0.2, 0.25) is 20.1 Å². The van der Waals surface area contributed by atoms with Crippen LogP contribution in [0.5, 0.6) is 0 Å². The molecular weight excluding hydrogens is 534 g/mol. The van der Waals surface area contributed by atoms with Gasteiger partial charge >= 0.3 is 0 Å². The maximum absolute atomic E-state index is 13.0. The van der Waals surface area contributed by atoms with Gasteiger partial charge in [0.1, 0.15) is 0 Å². The molecule has 0 aliphatic carbocycles. The highest BCUT2D eigenvalue weighted by atomic mass is 35.5. The number of benzene rings is 2. The Morgan fingerprint density at radius 1 is 1.09 bits per heavy atom. The molecule has 0 saturated heterocycles. The van der Waals surface area contributed by atoms with Crippen LogP contribution in [0.25, 0.3) is 0 Å². The van der Waals surface area contributed by atoms with Gasteiger partial charge in [-0.25, -0.2) is 0 Å². The maximum atomic E-state index is 13.0. The van der Waals surface area contributed by atoms with Gasteiger partial charge in [0.25, 0.3) is 5.91 Å². The number of hydrogen-bond donors (Lipinski definition) is 1. The summed E-state index contributed by atoms with van der Waals surface area (Å²) in [5.41, 5.74) is 1.36. The molecule has 2 aromatic carbocycles. The molecule has 0 aliphatic rings. The van der Waals surface area contributed by atoms with Crippen LogP contribution < -0.4 is 5.32 Å². The summed E-state index contributed by atoms with van der Waals surface area (Å²) in [5.74, 6) is 1.29. The molecule has 1 atom stereocenters. The van der Waals surface area contributed by atoms with Crippen molar-refractivity contribution in [3.8, 4) is 0 Å². The number of thioether (sulfide) groups is 1. The Morgan fingerprint density at radius 2 is 1.85 bits per heavy atom. The maximum Gasteiger partial charge on any atom is 0.253 e. The minimum atomic E-state index is -0.369. The summed E-state index contributed by atoms with van der Waals surface area (Å²) in [5, 5.41) is 14.4. The lowest BCUT2D eigenvalue weighted by Crippen LogP contribution is -2.32. The molecule has 1 heterocycles. The van der Waals surface area contributed by atoms with Gasteiger partial charge in [-0.2, -0.15) is 0 Å². The molecule has 5 nitrogen and oxygen atoms in total. The van der Waals surface area contributed by atoms with Crippen LogP contribution in [0, 0.1) is 5.92 Å². The smallest absolute Gasteiger partial charge is 0.253 e. The van der Waals surface area contributed by atoms with E-state index in [4.69, 9.17) is 46.4 Å². The molecule has 1 amide bonds. The molecular formula is C24H24Cl4N4OS. The Labute approximate surface area is 223 Å². The number of carbonyl (C=O) groups is 1. The molecule has 0 aliphatic heterocycles. The van der Waals surface area contributed by atoms with E-state index in [9.17, 15) is 4.79 Å². The van der Waals surface area contributed by atoms with E-state index in [1.807, 2.05) is 16.7 Å². The molecule has 0 radical (unpaired) electrons. The van der Waals surface area contributed by atoms with Gasteiger partial charge in [-0.3, -0.25) is 4.79 Å². The van der Waals surface area contributed by atoms with Gasteiger partial charge in [0.05, 0.1) is 26.7 Å². The largest absolute Gasteiger partial charge is 0.342 e. The third-order valence-electron chi connectivity index (χ3n) is 4.91. The zero-order chi connectivity index (χ0) is 24.8. The fourth-order valence-corrected chi connectivity index (χ4v) is 5.07. The van der Waals surface area contributed by atoms with Crippen molar-refractivity contribution in [1.29, 1.82) is 0 Å². The van der Waals surface area contributed by atoms with Gasteiger partial charge in [-0.05, 0) is 48.2 Å². The average molecular weight is 558 g/mol. The molecule has 0 fully saturated rings. The quantitative estimate of drug-likeness (QED) is 0.203. The highest BCUT2D eigenvalue weighted by Crippen LogP contribution is 2.30. The summed E-state index contributed by atoms with van der Waals surface area (Å²) in [6.45, 7) is 8.54. The molecule has 180 valence electrons. The van der Waals surface area contributed by atoms with Gasteiger partial charge in [0.15, 0.2) is 11.0 Å². The van der Waals surface area contributed by atoms with Crippen molar-refractivity contribution >= 4 is 64.1 Å². The Hall–Kier alpha value is -1.70. The third-order valence-corrected chi connectivity index (χ3v) is 7.23. The van der Waals surface area contributed by atoms with Crippen LogP contribution in [-0.2, 0) is 12.3 Å². The number of hydrogen-bond acceptors (Lipinski definition) is 4. The summed E-state index contributed by atoms with van der Waals surface area (Å²) in [6.07, 6.45) is 2.45. The van der Waals surface area contributed by atoms with E-state index in [0.717, 1.165) is 5.56 Å². The summed E-state index contributed by atoms with van der Waals surface area (Å²) >= 11 is 25.9. The lowest BCUT2D eigenvalue weighted by atomic mass is 10.0.